The fourth-order valence-corrected chi connectivity index (χ4v) is 4.75. The SMILES string of the molecule is C1CCN2CCCCC2C1.C1CCN2CCCCC2C1. The highest BCUT2D eigenvalue weighted by Gasteiger charge is 2.24. The molecule has 4 saturated heterocycles. The van der Waals surface area contributed by atoms with Crippen molar-refractivity contribution in [3.63, 3.8) is 0 Å². The van der Waals surface area contributed by atoms with Crippen LogP contribution in [0.2, 0.25) is 0 Å². The third-order valence-corrected chi connectivity index (χ3v) is 5.96. The van der Waals surface area contributed by atoms with Crippen molar-refractivity contribution in [1.29, 1.82) is 0 Å². The lowest BCUT2D eigenvalue weighted by molar-refractivity contribution is 0.109. The maximum absolute atomic E-state index is 2.70. The zero-order valence-corrected chi connectivity index (χ0v) is 13.4. The van der Waals surface area contributed by atoms with E-state index in [0.29, 0.717) is 0 Å². The molecule has 116 valence electrons. The number of rotatable bonds is 0. The zero-order chi connectivity index (χ0) is 13.6. The summed E-state index contributed by atoms with van der Waals surface area (Å²) in [4.78, 5) is 5.40. The quantitative estimate of drug-likeness (QED) is 0.659. The van der Waals surface area contributed by atoms with E-state index in [4.69, 9.17) is 0 Å². The first-order valence-electron chi connectivity index (χ1n) is 9.41. The van der Waals surface area contributed by atoms with Crippen LogP contribution < -0.4 is 0 Å². The van der Waals surface area contributed by atoms with Gasteiger partial charge in [-0.15, -0.1) is 0 Å². The summed E-state index contributed by atoms with van der Waals surface area (Å²) in [5.41, 5.74) is 0. The molecule has 2 heteroatoms. The second-order valence-corrected chi connectivity index (χ2v) is 7.36. The van der Waals surface area contributed by atoms with Crippen LogP contribution in [-0.2, 0) is 0 Å². The van der Waals surface area contributed by atoms with Crippen molar-refractivity contribution in [2.24, 2.45) is 0 Å². The van der Waals surface area contributed by atoms with E-state index >= 15 is 0 Å². The summed E-state index contributed by atoms with van der Waals surface area (Å²) in [5.74, 6) is 0. The summed E-state index contributed by atoms with van der Waals surface area (Å²) in [6.07, 6.45) is 17.7. The third-order valence-electron chi connectivity index (χ3n) is 5.96. The molecule has 0 bridgehead atoms. The Balaban J connectivity index is 0.000000121. The molecular weight excluding hydrogens is 244 g/mol. The minimum atomic E-state index is 0.988. The van der Waals surface area contributed by atoms with Gasteiger partial charge in [0, 0.05) is 12.1 Å². The number of piperidine rings is 4. The Kier molecular flexibility index (Phi) is 5.78. The first-order chi connectivity index (χ1) is 9.93. The van der Waals surface area contributed by atoms with E-state index in [1.54, 1.807) is 0 Å². The van der Waals surface area contributed by atoms with Gasteiger partial charge in [-0.2, -0.15) is 0 Å². The normalized spacial score (nSPS) is 30.0. The molecule has 0 aromatic heterocycles. The summed E-state index contributed by atoms with van der Waals surface area (Å²) in [7, 11) is 0. The Morgan fingerprint density at radius 3 is 0.950 bits per heavy atom. The lowest BCUT2D eigenvalue weighted by atomic mass is 9.93. The Labute approximate surface area is 125 Å². The van der Waals surface area contributed by atoms with E-state index in [2.05, 4.69) is 9.80 Å². The van der Waals surface area contributed by atoms with Crippen molar-refractivity contribution in [3.8, 4) is 0 Å². The highest BCUT2D eigenvalue weighted by atomic mass is 15.2. The molecule has 0 spiro atoms. The molecule has 0 amide bonds. The molecule has 4 heterocycles. The molecule has 4 aliphatic rings. The lowest BCUT2D eigenvalue weighted by Gasteiger charge is -2.39. The van der Waals surface area contributed by atoms with E-state index in [0.717, 1.165) is 12.1 Å². The van der Waals surface area contributed by atoms with Gasteiger partial charge in [-0.1, -0.05) is 25.7 Å². The Morgan fingerprint density at radius 1 is 0.400 bits per heavy atom. The minimum Gasteiger partial charge on any atom is -0.300 e. The predicted octanol–water partition coefficient (Wildman–Crippen LogP) is 4.05. The first-order valence-corrected chi connectivity index (χ1v) is 9.41. The molecule has 0 aliphatic carbocycles. The third kappa shape index (κ3) is 3.98. The maximum atomic E-state index is 2.70. The highest BCUT2D eigenvalue weighted by molar-refractivity contribution is 4.80. The van der Waals surface area contributed by atoms with Crippen LogP contribution in [0.4, 0.5) is 0 Å². The summed E-state index contributed by atoms with van der Waals surface area (Å²) in [6.45, 7) is 5.57. The van der Waals surface area contributed by atoms with Gasteiger partial charge >= 0.3 is 0 Å². The Hall–Kier alpha value is -0.0800. The maximum Gasteiger partial charge on any atom is 0.00952 e. The molecule has 0 N–H and O–H groups in total. The smallest absolute Gasteiger partial charge is 0.00952 e. The van der Waals surface area contributed by atoms with Gasteiger partial charge in [0.2, 0.25) is 0 Å². The van der Waals surface area contributed by atoms with Crippen LogP contribution in [0.1, 0.15) is 77.0 Å². The molecular formula is C18H34N2. The Morgan fingerprint density at radius 2 is 0.700 bits per heavy atom. The number of nitrogens with zero attached hydrogens (tertiary/aromatic N) is 2. The monoisotopic (exact) mass is 278 g/mol. The van der Waals surface area contributed by atoms with E-state index in [-0.39, 0.29) is 0 Å². The van der Waals surface area contributed by atoms with Gasteiger partial charge in [-0.3, -0.25) is 0 Å². The van der Waals surface area contributed by atoms with Crippen LogP contribution >= 0.6 is 0 Å². The summed E-state index contributed by atoms with van der Waals surface area (Å²) in [6, 6.07) is 1.98. The Bertz CT molecular complexity index is 199. The van der Waals surface area contributed by atoms with Crippen molar-refractivity contribution in [2.45, 2.75) is 89.1 Å². The summed E-state index contributed by atoms with van der Waals surface area (Å²) in [5, 5.41) is 0. The molecule has 20 heavy (non-hydrogen) atoms. The van der Waals surface area contributed by atoms with Crippen LogP contribution in [0, 0.1) is 0 Å². The average molecular weight is 278 g/mol. The van der Waals surface area contributed by atoms with Crippen LogP contribution in [-0.4, -0.2) is 48.1 Å². The topological polar surface area (TPSA) is 6.48 Å². The van der Waals surface area contributed by atoms with E-state index in [9.17, 15) is 0 Å². The molecule has 4 rings (SSSR count). The number of hydrogen-bond donors (Lipinski definition) is 0. The van der Waals surface area contributed by atoms with Gasteiger partial charge in [0.05, 0.1) is 0 Å². The first kappa shape index (κ1) is 14.8. The van der Waals surface area contributed by atoms with Crippen molar-refractivity contribution >= 4 is 0 Å². The van der Waals surface area contributed by atoms with E-state index in [1.807, 2.05) is 0 Å². The predicted molar refractivity (Wildman–Crippen MR) is 86.1 cm³/mol. The van der Waals surface area contributed by atoms with E-state index in [1.165, 1.54) is 103 Å². The van der Waals surface area contributed by atoms with Gasteiger partial charge < -0.3 is 9.80 Å². The number of fused-ring (bicyclic) bond motifs is 2. The second-order valence-electron chi connectivity index (χ2n) is 7.36. The molecule has 0 unspecified atom stereocenters. The van der Waals surface area contributed by atoms with Gasteiger partial charge in [0.1, 0.15) is 0 Å². The van der Waals surface area contributed by atoms with Crippen molar-refractivity contribution < 1.29 is 0 Å². The van der Waals surface area contributed by atoms with E-state index < -0.39 is 0 Å². The van der Waals surface area contributed by atoms with Crippen molar-refractivity contribution in [3.05, 3.63) is 0 Å². The second kappa shape index (κ2) is 7.79. The fraction of sp³-hybridized carbons (Fsp3) is 1.00. The summed E-state index contributed by atoms with van der Waals surface area (Å²) >= 11 is 0. The highest BCUT2D eigenvalue weighted by Crippen LogP contribution is 2.26. The van der Waals surface area contributed by atoms with Crippen molar-refractivity contribution in [1.82, 2.24) is 9.80 Å². The molecule has 0 atom stereocenters. The minimum absolute atomic E-state index is 0.988. The zero-order valence-electron chi connectivity index (χ0n) is 13.4. The average Bonchev–Trinajstić information content (AvgIpc) is 2.56. The van der Waals surface area contributed by atoms with Gasteiger partial charge in [-0.25, -0.2) is 0 Å². The van der Waals surface area contributed by atoms with Gasteiger partial charge in [0.15, 0.2) is 0 Å². The lowest BCUT2D eigenvalue weighted by Crippen LogP contribution is -2.42. The largest absolute Gasteiger partial charge is 0.300 e. The molecule has 0 radical (unpaired) electrons. The van der Waals surface area contributed by atoms with Crippen LogP contribution in [0.3, 0.4) is 0 Å². The van der Waals surface area contributed by atoms with Crippen LogP contribution in [0.25, 0.3) is 0 Å². The molecule has 0 saturated carbocycles. The standard InChI is InChI=1S/2C9H17N/c2*1-3-7-10-8-4-2-6-9(10)5-1/h2*9H,1-8H2. The van der Waals surface area contributed by atoms with Crippen LogP contribution in [0.5, 0.6) is 0 Å². The molecule has 4 aliphatic heterocycles. The number of hydrogen-bond acceptors (Lipinski definition) is 2. The van der Waals surface area contributed by atoms with Crippen LogP contribution in [0.15, 0.2) is 0 Å². The summed E-state index contributed by atoms with van der Waals surface area (Å²) < 4.78 is 0. The molecule has 0 aromatic carbocycles. The fourth-order valence-electron chi connectivity index (χ4n) is 4.75. The molecule has 4 fully saturated rings. The van der Waals surface area contributed by atoms with Crippen molar-refractivity contribution in [2.75, 3.05) is 26.2 Å². The van der Waals surface area contributed by atoms with Gasteiger partial charge in [-0.05, 0) is 77.5 Å². The molecule has 0 aromatic rings. The van der Waals surface area contributed by atoms with Gasteiger partial charge in [0.25, 0.3) is 0 Å². The molecule has 2 nitrogen and oxygen atoms in total.